The highest BCUT2D eigenvalue weighted by atomic mass is 32.1. The molecule has 0 aliphatic heterocycles. The highest BCUT2D eigenvalue weighted by molar-refractivity contribution is 7.05. The zero-order valence-corrected chi connectivity index (χ0v) is 10.7. The van der Waals surface area contributed by atoms with Crippen molar-refractivity contribution < 1.29 is 0 Å². The van der Waals surface area contributed by atoms with Crippen molar-refractivity contribution in [3.8, 4) is 0 Å². The van der Waals surface area contributed by atoms with Gasteiger partial charge in [0, 0.05) is 18.4 Å². The van der Waals surface area contributed by atoms with Crippen LogP contribution in [-0.2, 0) is 6.42 Å². The summed E-state index contributed by atoms with van der Waals surface area (Å²) in [5.41, 5.74) is 1.23. The van der Waals surface area contributed by atoms with Crippen LogP contribution in [0.1, 0.15) is 29.8 Å². The van der Waals surface area contributed by atoms with Crippen LogP contribution < -0.4 is 5.32 Å². The topological polar surface area (TPSA) is 50.7 Å². The van der Waals surface area contributed by atoms with Crippen molar-refractivity contribution >= 4 is 11.5 Å². The lowest BCUT2D eigenvalue weighted by Gasteiger charge is -2.15. The Balaban J connectivity index is 2.06. The van der Waals surface area contributed by atoms with Crippen LogP contribution in [0.2, 0.25) is 0 Å². The maximum atomic E-state index is 4.14. The highest BCUT2D eigenvalue weighted by Crippen LogP contribution is 2.19. The van der Waals surface area contributed by atoms with E-state index in [0.29, 0.717) is 6.04 Å². The summed E-state index contributed by atoms with van der Waals surface area (Å²) in [6, 6.07) is 4.36. The summed E-state index contributed by atoms with van der Waals surface area (Å²) in [5, 5.41) is 7.43. The van der Waals surface area contributed by atoms with Crippen LogP contribution in [0, 0.1) is 0 Å². The standard InChI is InChI=1S/C12H16N4S/c1-2-5-14-11(12-9-15-16-17-12)7-10-4-3-6-13-8-10/h3-4,6,8-9,11,14H,2,5,7H2,1H3. The van der Waals surface area contributed by atoms with Crippen molar-refractivity contribution in [1.29, 1.82) is 0 Å². The second kappa shape index (κ2) is 6.42. The van der Waals surface area contributed by atoms with E-state index in [1.807, 2.05) is 18.5 Å². The molecule has 0 amide bonds. The zero-order valence-electron chi connectivity index (χ0n) is 9.84. The van der Waals surface area contributed by atoms with Crippen LogP contribution in [0.4, 0.5) is 0 Å². The second-order valence-corrected chi connectivity index (χ2v) is 4.71. The van der Waals surface area contributed by atoms with Crippen molar-refractivity contribution in [3.05, 3.63) is 41.2 Å². The van der Waals surface area contributed by atoms with Gasteiger partial charge in [-0.1, -0.05) is 17.5 Å². The Morgan fingerprint density at radius 2 is 2.35 bits per heavy atom. The Morgan fingerprint density at radius 1 is 1.41 bits per heavy atom. The number of nitrogens with one attached hydrogen (secondary N) is 1. The number of rotatable bonds is 6. The van der Waals surface area contributed by atoms with Gasteiger partial charge in [-0.3, -0.25) is 4.98 Å². The van der Waals surface area contributed by atoms with E-state index in [9.17, 15) is 0 Å². The first-order chi connectivity index (χ1) is 8.40. The maximum absolute atomic E-state index is 4.14. The van der Waals surface area contributed by atoms with Gasteiger partial charge in [0.1, 0.15) is 0 Å². The highest BCUT2D eigenvalue weighted by Gasteiger charge is 2.13. The average Bonchev–Trinajstić information content (AvgIpc) is 2.89. The van der Waals surface area contributed by atoms with E-state index in [-0.39, 0.29) is 0 Å². The van der Waals surface area contributed by atoms with E-state index in [1.54, 1.807) is 6.20 Å². The molecule has 2 heterocycles. The molecular weight excluding hydrogens is 232 g/mol. The van der Waals surface area contributed by atoms with Crippen molar-refractivity contribution in [3.63, 3.8) is 0 Å². The molecule has 5 heteroatoms. The van der Waals surface area contributed by atoms with Crippen molar-refractivity contribution in [2.75, 3.05) is 6.54 Å². The van der Waals surface area contributed by atoms with Crippen LogP contribution in [0.3, 0.4) is 0 Å². The molecule has 0 radical (unpaired) electrons. The van der Waals surface area contributed by atoms with Gasteiger partial charge in [-0.2, -0.15) is 0 Å². The van der Waals surface area contributed by atoms with Gasteiger partial charge in [-0.25, -0.2) is 0 Å². The Hall–Kier alpha value is -1.33. The largest absolute Gasteiger partial charge is 0.309 e. The summed E-state index contributed by atoms with van der Waals surface area (Å²) in [5.74, 6) is 0. The van der Waals surface area contributed by atoms with E-state index in [1.165, 1.54) is 22.0 Å². The zero-order chi connectivity index (χ0) is 11.9. The van der Waals surface area contributed by atoms with Gasteiger partial charge in [0.05, 0.1) is 11.1 Å². The smallest absolute Gasteiger partial charge is 0.0669 e. The Labute approximate surface area is 105 Å². The Kier molecular flexibility index (Phi) is 4.58. The molecule has 0 fully saturated rings. The minimum atomic E-state index is 0.291. The lowest BCUT2D eigenvalue weighted by atomic mass is 10.1. The van der Waals surface area contributed by atoms with E-state index in [0.717, 1.165) is 19.4 Å². The number of hydrogen-bond acceptors (Lipinski definition) is 5. The summed E-state index contributed by atoms with van der Waals surface area (Å²) >= 11 is 1.46. The van der Waals surface area contributed by atoms with Gasteiger partial charge in [0.15, 0.2) is 0 Å². The third kappa shape index (κ3) is 3.57. The molecule has 90 valence electrons. The molecule has 0 aliphatic rings. The molecule has 2 aromatic heterocycles. The molecular formula is C12H16N4S. The SMILES string of the molecule is CCCNC(Cc1cccnc1)c1cnns1. The normalized spacial score (nSPS) is 12.5. The van der Waals surface area contributed by atoms with Crippen LogP contribution in [-0.4, -0.2) is 21.1 Å². The van der Waals surface area contributed by atoms with Gasteiger partial charge >= 0.3 is 0 Å². The van der Waals surface area contributed by atoms with Gasteiger partial charge < -0.3 is 5.32 Å². The quantitative estimate of drug-likeness (QED) is 0.851. The van der Waals surface area contributed by atoms with Gasteiger partial charge in [0.25, 0.3) is 0 Å². The molecule has 1 N–H and O–H groups in total. The van der Waals surface area contributed by atoms with Crippen LogP contribution >= 0.6 is 11.5 Å². The minimum absolute atomic E-state index is 0.291. The summed E-state index contributed by atoms with van der Waals surface area (Å²) < 4.78 is 3.93. The monoisotopic (exact) mass is 248 g/mol. The molecule has 1 atom stereocenters. The molecule has 0 spiro atoms. The third-order valence-corrected chi connectivity index (χ3v) is 3.30. The Morgan fingerprint density at radius 3 is 3.00 bits per heavy atom. The number of pyridine rings is 1. The summed E-state index contributed by atoms with van der Waals surface area (Å²) in [7, 11) is 0. The van der Waals surface area contributed by atoms with E-state index >= 15 is 0 Å². The predicted molar refractivity (Wildman–Crippen MR) is 68.9 cm³/mol. The third-order valence-electron chi connectivity index (χ3n) is 2.53. The van der Waals surface area contributed by atoms with Crippen LogP contribution in [0.5, 0.6) is 0 Å². The van der Waals surface area contributed by atoms with Crippen LogP contribution in [0.25, 0.3) is 0 Å². The minimum Gasteiger partial charge on any atom is -0.309 e. The molecule has 17 heavy (non-hydrogen) atoms. The fraction of sp³-hybridized carbons (Fsp3) is 0.417. The second-order valence-electron chi connectivity index (χ2n) is 3.89. The van der Waals surface area contributed by atoms with Crippen molar-refractivity contribution in [2.45, 2.75) is 25.8 Å². The summed E-state index contributed by atoms with van der Waals surface area (Å²) in [6.07, 6.45) is 7.60. The number of aromatic nitrogens is 3. The van der Waals surface area contributed by atoms with Gasteiger partial charge in [-0.05, 0) is 42.5 Å². The first-order valence-corrected chi connectivity index (χ1v) is 6.57. The maximum Gasteiger partial charge on any atom is 0.0669 e. The number of nitrogens with zero attached hydrogens (tertiary/aromatic N) is 3. The van der Waals surface area contributed by atoms with E-state index in [4.69, 9.17) is 0 Å². The first-order valence-electron chi connectivity index (χ1n) is 5.79. The average molecular weight is 248 g/mol. The molecule has 2 rings (SSSR count). The molecule has 1 unspecified atom stereocenters. The lowest BCUT2D eigenvalue weighted by molar-refractivity contribution is 0.535. The first kappa shape index (κ1) is 12.1. The fourth-order valence-electron chi connectivity index (χ4n) is 1.67. The predicted octanol–water partition coefficient (Wildman–Crippen LogP) is 2.22. The molecule has 0 bridgehead atoms. The number of hydrogen-bond donors (Lipinski definition) is 1. The molecule has 0 aliphatic carbocycles. The summed E-state index contributed by atoms with van der Waals surface area (Å²) in [4.78, 5) is 5.33. The lowest BCUT2D eigenvalue weighted by Crippen LogP contribution is -2.23. The van der Waals surface area contributed by atoms with Crippen LogP contribution in [0.15, 0.2) is 30.7 Å². The summed E-state index contributed by atoms with van der Waals surface area (Å²) in [6.45, 7) is 3.17. The van der Waals surface area contributed by atoms with Gasteiger partial charge in [-0.15, -0.1) is 5.10 Å². The van der Waals surface area contributed by atoms with Crippen molar-refractivity contribution in [2.24, 2.45) is 0 Å². The van der Waals surface area contributed by atoms with E-state index < -0.39 is 0 Å². The van der Waals surface area contributed by atoms with Crippen molar-refractivity contribution in [1.82, 2.24) is 19.9 Å². The molecule has 0 aromatic carbocycles. The molecule has 0 saturated heterocycles. The van der Waals surface area contributed by atoms with Gasteiger partial charge in [0.2, 0.25) is 0 Å². The fourth-order valence-corrected chi connectivity index (χ4v) is 2.25. The van der Waals surface area contributed by atoms with E-state index in [2.05, 4.69) is 32.9 Å². The Bertz CT molecular complexity index is 415. The molecule has 2 aromatic rings. The molecule has 0 saturated carbocycles. The molecule has 4 nitrogen and oxygen atoms in total.